The molecule has 4 rings (SSSR count). The van der Waals surface area contributed by atoms with Crippen LogP contribution in [-0.4, -0.2) is 29.8 Å². The molecule has 0 amide bonds. The zero-order valence-electron chi connectivity index (χ0n) is 10.8. The summed E-state index contributed by atoms with van der Waals surface area (Å²) in [5.41, 5.74) is 0.867. The highest BCUT2D eigenvalue weighted by molar-refractivity contribution is 7.19. The van der Waals surface area contributed by atoms with Gasteiger partial charge in [-0.25, -0.2) is 9.37 Å². The molecule has 3 heterocycles. The molecule has 0 radical (unpaired) electrons. The summed E-state index contributed by atoms with van der Waals surface area (Å²) in [6, 6.07) is 4.33. The van der Waals surface area contributed by atoms with Crippen LogP contribution in [-0.2, 0) is 0 Å². The number of hydrogen-bond donors (Lipinski definition) is 0. The molecule has 9 heteroatoms. The first-order valence-corrected chi connectivity index (χ1v) is 7.36. The van der Waals surface area contributed by atoms with E-state index in [2.05, 4.69) is 25.3 Å². The van der Waals surface area contributed by atoms with Crippen molar-refractivity contribution in [3.8, 4) is 22.1 Å². The fourth-order valence-corrected chi connectivity index (χ4v) is 2.99. The molecular formula is C13H6ClFN6S. The Labute approximate surface area is 132 Å². The fraction of sp³-hybridized carbons (Fsp3) is 0. The SMILES string of the molecule is Fc1ccc(Cl)cc1-c1nn2c(-c3cnccn3)nnc2s1. The molecule has 0 saturated heterocycles. The highest BCUT2D eigenvalue weighted by atomic mass is 35.5. The van der Waals surface area contributed by atoms with Gasteiger partial charge in [0, 0.05) is 23.0 Å². The second-order valence-electron chi connectivity index (χ2n) is 4.34. The average molecular weight is 333 g/mol. The van der Waals surface area contributed by atoms with Crippen molar-refractivity contribution in [2.24, 2.45) is 0 Å². The number of fused-ring (bicyclic) bond motifs is 1. The lowest BCUT2D eigenvalue weighted by molar-refractivity contribution is 0.631. The molecule has 0 saturated carbocycles. The van der Waals surface area contributed by atoms with E-state index in [0.29, 0.717) is 32.1 Å². The summed E-state index contributed by atoms with van der Waals surface area (Å²) in [5, 5.41) is 13.4. The molecule has 0 N–H and O–H groups in total. The summed E-state index contributed by atoms with van der Waals surface area (Å²) < 4.78 is 15.5. The molecule has 6 nitrogen and oxygen atoms in total. The van der Waals surface area contributed by atoms with Crippen molar-refractivity contribution >= 4 is 27.9 Å². The summed E-state index contributed by atoms with van der Waals surface area (Å²) in [5.74, 6) is 0.0588. The lowest BCUT2D eigenvalue weighted by Gasteiger charge is -1.99. The first-order chi connectivity index (χ1) is 10.7. The molecule has 0 bridgehead atoms. The Morgan fingerprint density at radius 2 is 2.09 bits per heavy atom. The zero-order chi connectivity index (χ0) is 15.1. The Balaban J connectivity index is 1.89. The van der Waals surface area contributed by atoms with Crippen LogP contribution in [0.15, 0.2) is 36.8 Å². The second-order valence-corrected chi connectivity index (χ2v) is 5.73. The minimum Gasteiger partial charge on any atom is -0.261 e. The third-order valence-corrected chi connectivity index (χ3v) is 4.11. The summed E-state index contributed by atoms with van der Waals surface area (Å²) in [7, 11) is 0. The van der Waals surface area contributed by atoms with Crippen molar-refractivity contribution < 1.29 is 4.39 Å². The highest BCUT2D eigenvalue weighted by Gasteiger charge is 2.17. The number of halogens is 2. The maximum absolute atomic E-state index is 14.0. The van der Waals surface area contributed by atoms with Crippen molar-refractivity contribution in [2.75, 3.05) is 0 Å². The van der Waals surface area contributed by atoms with Gasteiger partial charge >= 0.3 is 0 Å². The molecule has 0 unspecified atom stereocenters. The molecule has 1 aromatic carbocycles. The van der Waals surface area contributed by atoms with Gasteiger partial charge in [-0.15, -0.1) is 10.2 Å². The number of benzene rings is 1. The van der Waals surface area contributed by atoms with Gasteiger partial charge in [-0.1, -0.05) is 22.9 Å². The average Bonchev–Trinajstić information content (AvgIpc) is 3.10. The van der Waals surface area contributed by atoms with E-state index < -0.39 is 5.82 Å². The normalized spacial score (nSPS) is 11.2. The van der Waals surface area contributed by atoms with Gasteiger partial charge in [0.15, 0.2) is 5.01 Å². The molecule has 0 spiro atoms. The van der Waals surface area contributed by atoms with Crippen LogP contribution >= 0.6 is 22.9 Å². The smallest absolute Gasteiger partial charge is 0.235 e. The molecule has 0 fully saturated rings. The van der Waals surface area contributed by atoms with Gasteiger partial charge in [-0.05, 0) is 18.2 Å². The Morgan fingerprint density at radius 3 is 2.91 bits per heavy atom. The molecule has 4 aromatic rings. The molecule has 0 atom stereocenters. The Bertz CT molecular complexity index is 967. The van der Waals surface area contributed by atoms with E-state index in [1.807, 2.05) is 0 Å². The third-order valence-electron chi connectivity index (χ3n) is 2.94. The van der Waals surface area contributed by atoms with E-state index in [9.17, 15) is 4.39 Å². The van der Waals surface area contributed by atoms with E-state index in [0.717, 1.165) is 0 Å². The van der Waals surface area contributed by atoms with Crippen LogP contribution in [0.4, 0.5) is 4.39 Å². The second kappa shape index (κ2) is 5.08. The van der Waals surface area contributed by atoms with Crippen LogP contribution in [0.5, 0.6) is 0 Å². The third kappa shape index (κ3) is 2.13. The Hall–Kier alpha value is -2.45. The zero-order valence-corrected chi connectivity index (χ0v) is 12.4. The van der Waals surface area contributed by atoms with Gasteiger partial charge in [-0.3, -0.25) is 4.98 Å². The topological polar surface area (TPSA) is 68.9 Å². The van der Waals surface area contributed by atoms with Crippen molar-refractivity contribution in [3.05, 3.63) is 47.6 Å². The van der Waals surface area contributed by atoms with Crippen molar-refractivity contribution in [2.45, 2.75) is 0 Å². The largest absolute Gasteiger partial charge is 0.261 e. The van der Waals surface area contributed by atoms with Crippen LogP contribution in [0, 0.1) is 5.82 Å². The molecule has 108 valence electrons. The van der Waals surface area contributed by atoms with Crippen LogP contribution in [0.2, 0.25) is 5.02 Å². The lowest BCUT2D eigenvalue weighted by atomic mass is 10.2. The number of rotatable bonds is 2. The number of aromatic nitrogens is 6. The molecule has 3 aromatic heterocycles. The van der Waals surface area contributed by atoms with Gasteiger partial charge in [0.1, 0.15) is 11.5 Å². The first-order valence-electron chi connectivity index (χ1n) is 6.16. The first kappa shape index (κ1) is 13.2. The van der Waals surface area contributed by atoms with Crippen LogP contribution in [0.3, 0.4) is 0 Å². The molecule has 0 aliphatic rings. The molecule has 0 aliphatic heterocycles. The summed E-state index contributed by atoms with van der Waals surface area (Å²) >= 11 is 7.14. The maximum Gasteiger partial charge on any atom is 0.235 e. The lowest BCUT2D eigenvalue weighted by Crippen LogP contribution is -1.94. The monoisotopic (exact) mass is 332 g/mol. The quantitative estimate of drug-likeness (QED) is 0.564. The fourth-order valence-electron chi connectivity index (χ4n) is 1.96. The number of nitrogens with zero attached hydrogens (tertiary/aromatic N) is 6. The van der Waals surface area contributed by atoms with E-state index in [1.165, 1.54) is 34.1 Å². The van der Waals surface area contributed by atoms with Crippen molar-refractivity contribution in [1.29, 1.82) is 0 Å². The van der Waals surface area contributed by atoms with Crippen LogP contribution in [0.1, 0.15) is 0 Å². The van der Waals surface area contributed by atoms with E-state index in [4.69, 9.17) is 11.6 Å². The summed E-state index contributed by atoms with van der Waals surface area (Å²) in [4.78, 5) is 8.70. The number of hydrogen-bond acceptors (Lipinski definition) is 6. The predicted molar refractivity (Wildman–Crippen MR) is 80.1 cm³/mol. The van der Waals surface area contributed by atoms with Gasteiger partial charge in [0.25, 0.3) is 0 Å². The minimum atomic E-state index is -0.393. The van der Waals surface area contributed by atoms with Gasteiger partial charge in [0.2, 0.25) is 10.8 Å². The van der Waals surface area contributed by atoms with Gasteiger partial charge < -0.3 is 0 Å². The Kier molecular flexibility index (Phi) is 3.05. The van der Waals surface area contributed by atoms with Crippen molar-refractivity contribution in [1.82, 2.24) is 29.8 Å². The standard InChI is InChI=1S/C13H6ClFN6S/c14-7-1-2-9(15)8(5-7)12-20-21-11(18-19-13(21)22-12)10-6-16-3-4-17-10/h1-6H. The maximum atomic E-state index is 14.0. The van der Waals surface area contributed by atoms with Crippen LogP contribution in [0.25, 0.3) is 27.1 Å². The van der Waals surface area contributed by atoms with Gasteiger partial charge in [0.05, 0.1) is 6.20 Å². The van der Waals surface area contributed by atoms with E-state index in [-0.39, 0.29) is 0 Å². The molecule has 22 heavy (non-hydrogen) atoms. The molecular weight excluding hydrogens is 327 g/mol. The van der Waals surface area contributed by atoms with E-state index >= 15 is 0 Å². The Morgan fingerprint density at radius 1 is 1.18 bits per heavy atom. The van der Waals surface area contributed by atoms with E-state index in [1.54, 1.807) is 18.6 Å². The summed E-state index contributed by atoms with van der Waals surface area (Å²) in [6.07, 6.45) is 4.69. The highest BCUT2D eigenvalue weighted by Crippen LogP contribution is 2.30. The van der Waals surface area contributed by atoms with Crippen molar-refractivity contribution in [3.63, 3.8) is 0 Å². The minimum absolute atomic E-state index is 0.327. The predicted octanol–water partition coefficient (Wildman–Crippen LogP) is 3.10. The van der Waals surface area contributed by atoms with Gasteiger partial charge in [-0.2, -0.15) is 9.61 Å². The summed E-state index contributed by atoms with van der Waals surface area (Å²) in [6.45, 7) is 0. The molecule has 0 aliphatic carbocycles. The van der Waals surface area contributed by atoms with Crippen LogP contribution < -0.4 is 0 Å².